The zero-order valence-electron chi connectivity index (χ0n) is 11.1. The Hall–Kier alpha value is -2.43. The van der Waals surface area contributed by atoms with Gasteiger partial charge in [-0.3, -0.25) is 4.79 Å². The molecule has 21 heavy (non-hydrogen) atoms. The lowest BCUT2D eigenvalue weighted by Gasteiger charge is -2.26. The second-order valence-corrected chi connectivity index (χ2v) is 4.86. The maximum absolute atomic E-state index is 13.2. The number of carbonyl (C=O) groups excluding carboxylic acids is 1. The summed E-state index contributed by atoms with van der Waals surface area (Å²) < 4.78 is 31.8. The van der Waals surface area contributed by atoms with Crippen LogP contribution in [-0.2, 0) is 0 Å². The van der Waals surface area contributed by atoms with Gasteiger partial charge in [0.15, 0.2) is 0 Å². The van der Waals surface area contributed by atoms with Gasteiger partial charge in [0.05, 0.1) is 12.6 Å². The molecule has 0 saturated heterocycles. The average Bonchev–Trinajstić information content (AvgIpc) is 2.46. The predicted octanol–water partition coefficient (Wildman–Crippen LogP) is 3.22. The third-order valence-electron chi connectivity index (χ3n) is 3.39. The summed E-state index contributed by atoms with van der Waals surface area (Å²) >= 11 is 0. The molecule has 1 amide bonds. The van der Waals surface area contributed by atoms with Crippen molar-refractivity contribution in [3.63, 3.8) is 0 Å². The number of ether oxygens (including phenoxy) is 1. The van der Waals surface area contributed by atoms with E-state index in [0.717, 1.165) is 29.5 Å². The first-order valence-corrected chi connectivity index (χ1v) is 6.62. The van der Waals surface area contributed by atoms with Gasteiger partial charge in [-0.25, -0.2) is 8.78 Å². The van der Waals surface area contributed by atoms with Gasteiger partial charge < -0.3 is 10.1 Å². The maximum atomic E-state index is 13.2. The van der Waals surface area contributed by atoms with E-state index in [9.17, 15) is 13.6 Å². The SMILES string of the molecule is O=C(N[C@@H]1CCOc2ccccc21)c1cc(F)cc(F)c1. The van der Waals surface area contributed by atoms with E-state index in [-0.39, 0.29) is 11.6 Å². The third-order valence-corrected chi connectivity index (χ3v) is 3.39. The number of carbonyl (C=O) groups is 1. The van der Waals surface area contributed by atoms with Gasteiger partial charge >= 0.3 is 0 Å². The van der Waals surface area contributed by atoms with Crippen molar-refractivity contribution in [1.29, 1.82) is 0 Å². The maximum Gasteiger partial charge on any atom is 0.251 e. The molecule has 3 nitrogen and oxygen atoms in total. The van der Waals surface area contributed by atoms with Crippen LogP contribution in [-0.4, -0.2) is 12.5 Å². The first-order chi connectivity index (χ1) is 10.1. The molecule has 2 aromatic carbocycles. The molecule has 2 aromatic rings. The fourth-order valence-corrected chi connectivity index (χ4v) is 2.42. The largest absolute Gasteiger partial charge is 0.493 e. The van der Waals surface area contributed by atoms with Crippen LogP contribution in [0.25, 0.3) is 0 Å². The number of halogens is 2. The first-order valence-electron chi connectivity index (χ1n) is 6.62. The Morgan fingerprint density at radius 2 is 1.86 bits per heavy atom. The lowest BCUT2D eigenvalue weighted by atomic mass is 10.00. The van der Waals surface area contributed by atoms with Gasteiger partial charge in [0.2, 0.25) is 0 Å². The monoisotopic (exact) mass is 289 g/mol. The van der Waals surface area contributed by atoms with Crippen LogP contribution in [0.3, 0.4) is 0 Å². The second-order valence-electron chi connectivity index (χ2n) is 4.86. The molecule has 0 radical (unpaired) electrons. The molecule has 0 spiro atoms. The lowest BCUT2D eigenvalue weighted by Crippen LogP contribution is -2.32. The van der Waals surface area contributed by atoms with Crippen LogP contribution in [0, 0.1) is 11.6 Å². The minimum Gasteiger partial charge on any atom is -0.493 e. The normalized spacial score (nSPS) is 16.8. The van der Waals surface area contributed by atoms with Crippen molar-refractivity contribution in [3.8, 4) is 5.75 Å². The predicted molar refractivity (Wildman–Crippen MR) is 73.1 cm³/mol. The molecule has 1 aliphatic rings. The van der Waals surface area contributed by atoms with E-state index in [0.29, 0.717) is 13.0 Å². The zero-order valence-corrected chi connectivity index (χ0v) is 11.1. The topological polar surface area (TPSA) is 38.3 Å². The standard InChI is InChI=1S/C16H13F2NO2/c17-11-7-10(8-12(18)9-11)16(20)19-14-5-6-21-15-4-2-1-3-13(14)15/h1-4,7-9,14H,5-6H2,(H,19,20)/t14-/m1/s1. The Balaban J connectivity index is 1.82. The summed E-state index contributed by atoms with van der Waals surface area (Å²) in [6.45, 7) is 0.486. The molecule has 3 rings (SSSR count). The van der Waals surface area contributed by atoms with Crippen LogP contribution in [0.5, 0.6) is 5.75 Å². The van der Waals surface area contributed by atoms with E-state index in [4.69, 9.17) is 4.74 Å². The van der Waals surface area contributed by atoms with Crippen LogP contribution in [0.2, 0.25) is 0 Å². The molecule has 5 heteroatoms. The molecular formula is C16H13F2NO2. The Morgan fingerprint density at radius 1 is 1.14 bits per heavy atom. The average molecular weight is 289 g/mol. The number of para-hydroxylation sites is 1. The quantitative estimate of drug-likeness (QED) is 0.922. The summed E-state index contributed by atoms with van der Waals surface area (Å²) in [7, 11) is 0. The summed E-state index contributed by atoms with van der Waals surface area (Å²) in [5.74, 6) is -1.32. The van der Waals surface area contributed by atoms with E-state index in [1.807, 2.05) is 24.3 Å². The zero-order chi connectivity index (χ0) is 14.8. The van der Waals surface area contributed by atoms with Gasteiger partial charge in [-0.2, -0.15) is 0 Å². The van der Waals surface area contributed by atoms with Gasteiger partial charge in [0, 0.05) is 23.6 Å². The van der Waals surface area contributed by atoms with Crippen LogP contribution in [0.4, 0.5) is 8.78 Å². The Bertz CT molecular complexity index is 667. The van der Waals surface area contributed by atoms with Gasteiger partial charge in [-0.1, -0.05) is 18.2 Å². The van der Waals surface area contributed by atoms with Crippen molar-refractivity contribution in [2.24, 2.45) is 0 Å². The summed E-state index contributed by atoms with van der Waals surface area (Å²) in [6, 6.07) is 9.95. The Morgan fingerprint density at radius 3 is 2.62 bits per heavy atom. The number of rotatable bonds is 2. The minimum atomic E-state index is -0.771. The van der Waals surface area contributed by atoms with Crippen molar-refractivity contribution in [2.75, 3.05) is 6.61 Å². The molecule has 0 aromatic heterocycles. The highest BCUT2D eigenvalue weighted by Crippen LogP contribution is 2.31. The fraction of sp³-hybridized carbons (Fsp3) is 0.188. The van der Waals surface area contributed by atoms with E-state index in [2.05, 4.69) is 5.32 Å². The summed E-state index contributed by atoms with van der Waals surface area (Å²) in [5, 5.41) is 2.79. The molecule has 0 aliphatic carbocycles. The number of benzene rings is 2. The molecule has 108 valence electrons. The number of amides is 1. The van der Waals surface area contributed by atoms with Crippen LogP contribution >= 0.6 is 0 Å². The first kappa shape index (κ1) is 13.5. The van der Waals surface area contributed by atoms with Crippen molar-refractivity contribution < 1.29 is 18.3 Å². The van der Waals surface area contributed by atoms with Gasteiger partial charge in [0.1, 0.15) is 17.4 Å². The number of hydrogen-bond acceptors (Lipinski definition) is 2. The molecule has 0 bridgehead atoms. The number of nitrogens with one attached hydrogen (secondary N) is 1. The smallest absolute Gasteiger partial charge is 0.251 e. The van der Waals surface area contributed by atoms with E-state index >= 15 is 0 Å². The Kier molecular flexibility index (Phi) is 3.56. The van der Waals surface area contributed by atoms with Gasteiger partial charge in [-0.15, -0.1) is 0 Å². The van der Waals surface area contributed by atoms with Gasteiger partial charge in [-0.05, 0) is 18.2 Å². The summed E-state index contributed by atoms with van der Waals surface area (Å²) in [5.41, 5.74) is 0.838. The molecule has 0 fully saturated rings. The van der Waals surface area contributed by atoms with Gasteiger partial charge in [0.25, 0.3) is 5.91 Å². The van der Waals surface area contributed by atoms with Crippen molar-refractivity contribution in [3.05, 3.63) is 65.2 Å². The molecule has 0 saturated carbocycles. The minimum absolute atomic E-state index is 0.0310. The molecular weight excluding hydrogens is 276 g/mol. The van der Waals surface area contributed by atoms with Crippen molar-refractivity contribution >= 4 is 5.91 Å². The molecule has 1 atom stereocenters. The summed E-state index contributed by atoms with van der Waals surface area (Å²) in [6.07, 6.45) is 0.612. The van der Waals surface area contributed by atoms with E-state index < -0.39 is 17.5 Å². The van der Waals surface area contributed by atoms with Crippen LogP contribution in [0.15, 0.2) is 42.5 Å². The van der Waals surface area contributed by atoms with Crippen LogP contribution < -0.4 is 10.1 Å². The third kappa shape index (κ3) is 2.86. The summed E-state index contributed by atoms with van der Waals surface area (Å²) in [4.78, 5) is 12.1. The van der Waals surface area contributed by atoms with Crippen molar-refractivity contribution in [1.82, 2.24) is 5.32 Å². The highest BCUT2D eigenvalue weighted by atomic mass is 19.1. The van der Waals surface area contributed by atoms with Crippen molar-refractivity contribution in [2.45, 2.75) is 12.5 Å². The second kappa shape index (κ2) is 5.52. The highest BCUT2D eigenvalue weighted by molar-refractivity contribution is 5.94. The fourth-order valence-electron chi connectivity index (χ4n) is 2.42. The van der Waals surface area contributed by atoms with E-state index in [1.54, 1.807) is 0 Å². The van der Waals surface area contributed by atoms with E-state index in [1.165, 1.54) is 0 Å². The highest BCUT2D eigenvalue weighted by Gasteiger charge is 2.23. The number of hydrogen-bond donors (Lipinski definition) is 1. The molecule has 1 N–H and O–H groups in total. The Labute approximate surface area is 120 Å². The number of fused-ring (bicyclic) bond motifs is 1. The van der Waals surface area contributed by atoms with Crippen LogP contribution in [0.1, 0.15) is 28.4 Å². The lowest BCUT2D eigenvalue weighted by molar-refractivity contribution is 0.0924. The molecule has 1 heterocycles. The molecule has 1 aliphatic heterocycles. The molecule has 0 unspecified atom stereocenters.